The van der Waals surface area contributed by atoms with Crippen LogP contribution in [0.2, 0.25) is 0 Å². The van der Waals surface area contributed by atoms with E-state index in [1.807, 2.05) is 0 Å². The molecule has 0 radical (unpaired) electrons. The first-order valence-electron chi connectivity index (χ1n) is 4.86. The highest BCUT2D eigenvalue weighted by atomic mass is 19.2. The van der Waals surface area contributed by atoms with Gasteiger partial charge in [0, 0.05) is 23.4 Å². The summed E-state index contributed by atoms with van der Waals surface area (Å²) in [6.07, 6.45) is 1.32. The third-order valence-electron chi connectivity index (χ3n) is 2.44. The Morgan fingerprint density at radius 3 is 2.29 bits per heavy atom. The van der Waals surface area contributed by atoms with E-state index in [9.17, 15) is 13.2 Å². The molecular weight excluding hydrogens is 229 g/mol. The maximum absolute atomic E-state index is 13.5. The molecule has 1 aromatic carbocycles. The predicted octanol–water partition coefficient (Wildman–Crippen LogP) is 3.06. The third kappa shape index (κ3) is 2.08. The highest BCUT2D eigenvalue weighted by Crippen LogP contribution is 2.26. The molecule has 0 atom stereocenters. The van der Waals surface area contributed by atoms with Crippen LogP contribution in [0, 0.1) is 24.4 Å². The quantitative estimate of drug-likeness (QED) is 0.775. The number of aromatic nitrogens is 1. The molecule has 2 N–H and O–H groups in total. The van der Waals surface area contributed by atoms with Crippen LogP contribution in [0.5, 0.6) is 0 Å². The molecule has 2 rings (SSSR count). The van der Waals surface area contributed by atoms with Gasteiger partial charge in [-0.15, -0.1) is 0 Å². The van der Waals surface area contributed by atoms with Crippen molar-refractivity contribution < 1.29 is 13.2 Å². The summed E-state index contributed by atoms with van der Waals surface area (Å²) in [5, 5.41) is 0. The minimum absolute atomic E-state index is 0.0421. The monoisotopic (exact) mass is 238 g/mol. The van der Waals surface area contributed by atoms with Crippen LogP contribution >= 0.6 is 0 Å². The maximum atomic E-state index is 13.5. The second-order valence-electron chi connectivity index (χ2n) is 3.67. The highest BCUT2D eigenvalue weighted by Gasteiger charge is 2.12. The summed E-state index contributed by atoms with van der Waals surface area (Å²) >= 11 is 0. The fourth-order valence-corrected chi connectivity index (χ4v) is 1.48. The van der Waals surface area contributed by atoms with E-state index >= 15 is 0 Å². The van der Waals surface area contributed by atoms with Crippen LogP contribution in [0.4, 0.5) is 19.0 Å². The number of hydrogen-bond acceptors (Lipinski definition) is 2. The van der Waals surface area contributed by atoms with Gasteiger partial charge in [0.2, 0.25) is 0 Å². The lowest BCUT2D eigenvalue weighted by molar-refractivity contribution is 0.496. The molecular formula is C12H9F3N2. The summed E-state index contributed by atoms with van der Waals surface area (Å²) in [5.74, 6) is -2.84. The molecule has 2 aromatic rings. The Balaban J connectivity index is 2.60. The van der Waals surface area contributed by atoms with Crippen molar-refractivity contribution in [2.75, 3.05) is 5.73 Å². The Morgan fingerprint density at radius 1 is 1.00 bits per heavy atom. The highest BCUT2D eigenvalue weighted by molar-refractivity contribution is 5.65. The molecule has 0 saturated heterocycles. The number of anilines is 1. The molecule has 1 aromatic heterocycles. The molecule has 0 spiro atoms. The first-order chi connectivity index (χ1) is 7.99. The molecule has 17 heavy (non-hydrogen) atoms. The van der Waals surface area contributed by atoms with Crippen molar-refractivity contribution in [3.63, 3.8) is 0 Å². The topological polar surface area (TPSA) is 38.9 Å². The van der Waals surface area contributed by atoms with Crippen LogP contribution in [0.15, 0.2) is 24.4 Å². The van der Waals surface area contributed by atoms with Crippen molar-refractivity contribution in [3.8, 4) is 11.1 Å². The number of hydrogen-bond donors (Lipinski definition) is 1. The molecule has 0 saturated carbocycles. The van der Waals surface area contributed by atoms with Gasteiger partial charge in [-0.3, -0.25) is 0 Å². The normalized spacial score (nSPS) is 10.6. The van der Waals surface area contributed by atoms with Crippen LogP contribution in [-0.2, 0) is 0 Å². The van der Waals surface area contributed by atoms with E-state index in [1.54, 1.807) is 13.0 Å². The van der Waals surface area contributed by atoms with Crippen molar-refractivity contribution in [3.05, 3.63) is 47.4 Å². The number of nitrogens with two attached hydrogens (primary N) is 1. The van der Waals surface area contributed by atoms with Gasteiger partial charge < -0.3 is 5.73 Å². The fourth-order valence-electron chi connectivity index (χ4n) is 1.48. The molecule has 0 fully saturated rings. The van der Waals surface area contributed by atoms with Crippen molar-refractivity contribution in [1.29, 1.82) is 0 Å². The Kier molecular flexibility index (Phi) is 2.75. The Labute approximate surface area is 95.9 Å². The first kappa shape index (κ1) is 11.4. The molecule has 0 amide bonds. The van der Waals surface area contributed by atoms with Gasteiger partial charge in [-0.25, -0.2) is 18.2 Å². The number of nitrogens with zero attached hydrogens (tertiary/aromatic N) is 1. The van der Waals surface area contributed by atoms with E-state index < -0.39 is 17.5 Å². The number of nitrogen functional groups attached to an aromatic ring is 1. The van der Waals surface area contributed by atoms with E-state index in [-0.39, 0.29) is 5.56 Å². The second kappa shape index (κ2) is 4.08. The summed E-state index contributed by atoms with van der Waals surface area (Å²) in [6.45, 7) is 1.70. The lowest BCUT2D eigenvalue weighted by Crippen LogP contribution is -1.96. The standard InChI is InChI=1S/C12H9F3N2/c1-6-2-7(5-17-12(6)16)8-3-10(14)11(15)4-9(8)13/h2-5H,1H3,(H2,16,17). The fraction of sp³-hybridized carbons (Fsp3) is 0.0833. The second-order valence-corrected chi connectivity index (χ2v) is 3.67. The van der Waals surface area contributed by atoms with Gasteiger partial charge in [0.25, 0.3) is 0 Å². The van der Waals surface area contributed by atoms with Crippen molar-refractivity contribution >= 4 is 5.82 Å². The average Bonchev–Trinajstić information content (AvgIpc) is 2.27. The zero-order valence-corrected chi connectivity index (χ0v) is 8.97. The predicted molar refractivity (Wildman–Crippen MR) is 58.7 cm³/mol. The summed E-state index contributed by atoms with van der Waals surface area (Å²) in [5.41, 5.74) is 6.48. The van der Waals surface area contributed by atoms with Crippen LogP contribution in [0.3, 0.4) is 0 Å². The van der Waals surface area contributed by atoms with Gasteiger partial charge in [0.05, 0.1) is 0 Å². The van der Waals surface area contributed by atoms with Gasteiger partial charge in [-0.05, 0) is 24.6 Å². The summed E-state index contributed by atoms with van der Waals surface area (Å²) < 4.78 is 39.3. The number of halogens is 3. The summed E-state index contributed by atoms with van der Waals surface area (Å²) in [7, 11) is 0. The van der Waals surface area contributed by atoms with E-state index in [0.29, 0.717) is 23.0 Å². The number of pyridine rings is 1. The average molecular weight is 238 g/mol. The minimum atomic E-state index is -1.22. The number of rotatable bonds is 1. The summed E-state index contributed by atoms with van der Waals surface area (Å²) in [4.78, 5) is 3.84. The SMILES string of the molecule is Cc1cc(-c2cc(F)c(F)cc2F)cnc1N. The molecule has 0 aliphatic heterocycles. The molecule has 0 aliphatic rings. The van der Waals surface area contributed by atoms with Gasteiger partial charge in [-0.2, -0.15) is 0 Å². The smallest absolute Gasteiger partial charge is 0.161 e. The van der Waals surface area contributed by atoms with E-state index in [2.05, 4.69) is 4.98 Å². The zero-order valence-electron chi connectivity index (χ0n) is 8.97. The van der Waals surface area contributed by atoms with Crippen LogP contribution in [0.1, 0.15) is 5.56 Å². The largest absolute Gasteiger partial charge is 0.383 e. The van der Waals surface area contributed by atoms with Crippen molar-refractivity contribution in [2.45, 2.75) is 6.92 Å². The van der Waals surface area contributed by atoms with Gasteiger partial charge in [-0.1, -0.05) is 0 Å². The van der Waals surface area contributed by atoms with Gasteiger partial charge >= 0.3 is 0 Å². The molecule has 0 bridgehead atoms. The minimum Gasteiger partial charge on any atom is -0.383 e. The van der Waals surface area contributed by atoms with Crippen LogP contribution in [-0.4, -0.2) is 4.98 Å². The molecule has 0 unspecified atom stereocenters. The number of benzene rings is 1. The number of aryl methyl sites for hydroxylation is 1. The molecule has 88 valence electrons. The molecule has 5 heteroatoms. The third-order valence-corrected chi connectivity index (χ3v) is 2.44. The Bertz CT molecular complexity index is 582. The van der Waals surface area contributed by atoms with E-state index in [0.717, 1.165) is 6.07 Å². The van der Waals surface area contributed by atoms with Crippen LogP contribution < -0.4 is 5.73 Å². The maximum Gasteiger partial charge on any atom is 0.161 e. The molecule has 1 heterocycles. The van der Waals surface area contributed by atoms with Crippen LogP contribution in [0.25, 0.3) is 11.1 Å². The molecule has 0 aliphatic carbocycles. The van der Waals surface area contributed by atoms with Gasteiger partial charge in [0.1, 0.15) is 11.6 Å². The zero-order chi connectivity index (χ0) is 12.6. The van der Waals surface area contributed by atoms with Gasteiger partial charge in [0.15, 0.2) is 11.6 Å². The first-order valence-corrected chi connectivity index (χ1v) is 4.86. The van der Waals surface area contributed by atoms with E-state index in [4.69, 9.17) is 5.73 Å². The Hall–Kier alpha value is -2.04. The summed E-state index contributed by atoms with van der Waals surface area (Å²) in [6, 6.07) is 2.88. The van der Waals surface area contributed by atoms with E-state index in [1.165, 1.54) is 6.20 Å². The van der Waals surface area contributed by atoms with Crippen molar-refractivity contribution in [2.24, 2.45) is 0 Å². The lowest BCUT2D eigenvalue weighted by atomic mass is 10.1. The Morgan fingerprint density at radius 2 is 1.65 bits per heavy atom. The molecule has 2 nitrogen and oxygen atoms in total. The van der Waals surface area contributed by atoms with Crippen molar-refractivity contribution in [1.82, 2.24) is 4.98 Å². The lowest BCUT2D eigenvalue weighted by Gasteiger charge is -2.06.